The van der Waals surface area contributed by atoms with Crippen molar-refractivity contribution in [3.05, 3.63) is 70.5 Å². The van der Waals surface area contributed by atoms with Gasteiger partial charge in [-0.15, -0.1) is 0 Å². The summed E-state index contributed by atoms with van der Waals surface area (Å²) in [5, 5.41) is 11.2. The second-order valence-electron chi connectivity index (χ2n) is 7.87. The number of nitrogens with zero attached hydrogens (tertiary/aromatic N) is 2. The third kappa shape index (κ3) is 5.41. The number of piperazine rings is 1. The van der Waals surface area contributed by atoms with Crippen LogP contribution in [0.5, 0.6) is 5.75 Å². The maximum absolute atomic E-state index is 12.9. The molecule has 2 heterocycles. The number of rotatable bonds is 6. The molecule has 2 aromatic carbocycles. The van der Waals surface area contributed by atoms with Crippen LogP contribution in [0.4, 0.5) is 18.9 Å². The predicted octanol–water partition coefficient (Wildman–Crippen LogP) is 3.11. The molecule has 0 amide bonds. The van der Waals surface area contributed by atoms with Crippen LogP contribution in [0.2, 0.25) is 0 Å². The fourth-order valence-corrected chi connectivity index (χ4v) is 3.83. The van der Waals surface area contributed by atoms with Gasteiger partial charge < -0.3 is 19.7 Å². The third-order valence-corrected chi connectivity index (χ3v) is 5.52. The zero-order valence-electron chi connectivity index (χ0n) is 17.3. The van der Waals surface area contributed by atoms with Crippen molar-refractivity contribution in [1.82, 2.24) is 9.88 Å². The van der Waals surface area contributed by atoms with Crippen molar-refractivity contribution in [3.63, 3.8) is 0 Å². The van der Waals surface area contributed by atoms with Crippen LogP contribution in [0, 0.1) is 0 Å². The second kappa shape index (κ2) is 9.22. The summed E-state index contributed by atoms with van der Waals surface area (Å²) in [5.74, 6) is 0.595. The van der Waals surface area contributed by atoms with E-state index in [1.54, 1.807) is 30.3 Å². The van der Waals surface area contributed by atoms with Crippen LogP contribution in [-0.4, -0.2) is 60.4 Å². The average molecular weight is 447 g/mol. The van der Waals surface area contributed by atoms with E-state index in [0.29, 0.717) is 49.7 Å². The number of ether oxygens (including phenoxy) is 1. The fourth-order valence-electron chi connectivity index (χ4n) is 3.83. The molecule has 3 aromatic rings. The lowest BCUT2D eigenvalue weighted by Crippen LogP contribution is -2.49. The van der Waals surface area contributed by atoms with E-state index in [1.807, 2.05) is 4.90 Å². The van der Waals surface area contributed by atoms with Crippen LogP contribution >= 0.6 is 0 Å². The molecule has 0 aliphatic carbocycles. The van der Waals surface area contributed by atoms with Crippen molar-refractivity contribution in [2.45, 2.75) is 12.3 Å². The highest BCUT2D eigenvalue weighted by Crippen LogP contribution is 2.31. The minimum Gasteiger partial charge on any atom is -0.491 e. The average Bonchev–Trinajstić information content (AvgIpc) is 2.78. The van der Waals surface area contributed by atoms with Gasteiger partial charge in [-0.3, -0.25) is 9.69 Å². The quantitative estimate of drug-likeness (QED) is 0.608. The van der Waals surface area contributed by atoms with Crippen LogP contribution in [0.3, 0.4) is 0 Å². The van der Waals surface area contributed by atoms with Crippen molar-refractivity contribution in [1.29, 1.82) is 0 Å². The number of halogens is 3. The van der Waals surface area contributed by atoms with E-state index in [4.69, 9.17) is 4.74 Å². The highest BCUT2D eigenvalue weighted by Gasteiger charge is 2.31. The lowest BCUT2D eigenvalue weighted by molar-refractivity contribution is -0.137. The molecule has 170 valence electrons. The van der Waals surface area contributed by atoms with Gasteiger partial charge in [-0.1, -0.05) is 6.07 Å². The first kappa shape index (κ1) is 22.2. The number of benzene rings is 2. The summed E-state index contributed by atoms with van der Waals surface area (Å²) in [4.78, 5) is 18.1. The Labute approximate surface area is 182 Å². The first-order valence-electron chi connectivity index (χ1n) is 10.4. The molecule has 9 heteroatoms. The van der Waals surface area contributed by atoms with Gasteiger partial charge in [0.1, 0.15) is 18.5 Å². The maximum atomic E-state index is 12.9. The molecule has 0 saturated carbocycles. The molecule has 0 unspecified atom stereocenters. The van der Waals surface area contributed by atoms with Gasteiger partial charge in [0.25, 0.3) is 0 Å². The number of pyridine rings is 1. The van der Waals surface area contributed by atoms with E-state index < -0.39 is 17.8 Å². The summed E-state index contributed by atoms with van der Waals surface area (Å²) in [6, 6.07) is 13.8. The number of H-pyrrole nitrogens is 1. The number of aliphatic hydroxyl groups is 1. The number of hydrogen-bond donors (Lipinski definition) is 2. The van der Waals surface area contributed by atoms with Crippen molar-refractivity contribution in [2.24, 2.45) is 0 Å². The maximum Gasteiger partial charge on any atom is 0.416 e. The first-order chi connectivity index (χ1) is 15.3. The molecular formula is C23H24F3N3O3. The Kier molecular flexibility index (Phi) is 6.38. The molecule has 1 aliphatic heterocycles. The molecule has 0 radical (unpaired) electrons. The monoisotopic (exact) mass is 447 g/mol. The Morgan fingerprint density at radius 2 is 1.81 bits per heavy atom. The fraction of sp³-hybridized carbons (Fsp3) is 0.348. The molecule has 6 nitrogen and oxygen atoms in total. The molecule has 0 bridgehead atoms. The van der Waals surface area contributed by atoms with Gasteiger partial charge >= 0.3 is 6.18 Å². The molecule has 1 aliphatic rings. The summed E-state index contributed by atoms with van der Waals surface area (Å²) in [6.45, 7) is 2.96. The lowest BCUT2D eigenvalue weighted by atomic mass is 10.1. The Morgan fingerprint density at radius 1 is 1.03 bits per heavy atom. The Bertz CT molecular complexity index is 1120. The smallest absolute Gasteiger partial charge is 0.416 e. The van der Waals surface area contributed by atoms with Gasteiger partial charge in [0.05, 0.1) is 5.56 Å². The number of hydrogen-bond acceptors (Lipinski definition) is 5. The third-order valence-electron chi connectivity index (χ3n) is 5.52. The first-order valence-corrected chi connectivity index (χ1v) is 10.4. The van der Waals surface area contributed by atoms with E-state index in [0.717, 1.165) is 11.5 Å². The predicted molar refractivity (Wildman–Crippen MR) is 116 cm³/mol. The zero-order valence-corrected chi connectivity index (χ0v) is 17.3. The molecule has 32 heavy (non-hydrogen) atoms. The van der Waals surface area contributed by atoms with Gasteiger partial charge in [0.15, 0.2) is 0 Å². The summed E-state index contributed by atoms with van der Waals surface area (Å²) in [6.07, 6.45) is -5.06. The van der Waals surface area contributed by atoms with Crippen LogP contribution in [-0.2, 0) is 6.18 Å². The summed E-state index contributed by atoms with van der Waals surface area (Å²) >= 11 is 0. The standard InChI is InChI=1S/C23H24F3N3O3/c24-23(25,26)17-2-1-3-18(13-17)29-10-8-28(9-11-29)14-19(30)15-32-20-5-6-21-16(12-20)4-7-22(31)27-21/h1-7,12-13,19,30H,8-11,14-15H2,(H,27,31)/t19-/m0/s1. The Hall–Kier alpha value is -3.04. The summed E-state index contributed by atoms with van der Waals surface area (Å²) < 4.78 is 44.5. The molecule has 1 aromatic heterocycles. The number of alkyl halides is 3. The van der Waals surface area contributed by atoms with Gasteiger partial charge in [-0.25, -0.2) is 0 Å². The van der Waals surface area contributed by atoms with Crippen molar-refractivity contribution < 1.29 is 23.0 Å². The van der Waals surface area contributed by atoms with Crippen LogP contribution in [0.25, 0.3) is 10.9 Å². The summed E-state index contributed by atoms with van der Waals surface area (Å²) in [7, 11) is 0. The summed E-state index contributed by atoms with van der Waals surface area (Å²) in [5.41, 5.74) is 0.449. The van der Waals surface area contributed by atoms with Crippen LogP contribution < -0.4 is 15.2 Å². The van der Waals surface area contributed by atoms with Gasteiger partial charge in [-0.2, -0.15) is 13.2 Å². The number of aromatic amines is 1. The topological polar surface area (TPSA) is 68.8 Å². The number of nitrogens with one attached hydrogen (secondary N) is 1. The molecule has 1 saturated heterocycles. The zero-order chi connectivity index (χ0) is 22.7. The van der Waals surface area contributed by atoms with Crippen molar-refractivity contribution in [3.8, 4) is 5.75 Å². The number of β-amino-alcohol motifs (C(OH)–C–C–N with tert-alkyl or cyclic N) is 1. The molecule has 1 fully saturated rings. The molecular weight excluding hydrogens is 423 g/mol. The number of aliphatic hydroxyl groups excluding tert-OH is 1. The largest absolute Gasteiger partial charge is 0.491 e. The van der Waals surface area contributed by atoms with E-state index in [2.05, 4.69) is 9.88 Å². The Morgan fingerprint density at radius 3 is 2.56 bits per heavy atom. The molecule has 1 atom stereocenters. The number of anilines is 1. The molecule has 2 N–H and O–H groups in total. The van der Waals surface area contributed by atoms with Gasteiger partial charge in [0.2, 0.25) is 5.56 Å². The second-order valence-corrected chi connectivity index (χ2v) is 7.87. The van der Waals surface area contributed by atoms with Crippen molar-refractivity contribution >= 4 is 16.6 Å². The number of aromatic nitrogens is 1. The molecule has 0 spiro atoms. The number of fused-ring (bicyclic) bond motifs is 1. The minimum atomic E-state index is -4.36. The normalized spacial score (nSPS) is 16.3. The highest BCUT2D eigenvalue weighted by molar-refractivity contribution is 5.79. The van der Waals surface area contributed by atoms with E-state index >= 15 is 0 Å². The van der Waals surface area contributed by atoms with E-state index in [9.17, 15) is 23.1 Å². The van der Waals surface area contributed by atoms with Gasteiger partial charge in [0, 0.05) is 55.4 Å². The van der Waals surface area contributed by atoms with Crippen LogP contribution in [0.15, 0.2) is 59.4 Å². The SMILES string of the molecule is O=c1ccc2cc(OC[C@@H](O)CN3CCN(c4cccc(C(F)(F)F)c4)CC3)ccc2[nH]1. The van der Waals surface area contributed by atoms with Crippen molar-refractivity contribution in [2.75, 3.05) is 44.2 Å². The van der Waals surface area contributed by atoms with Crippen LogP contribution in [0.1, 0.15) is 5.56 Å². The Balaban J connectivity index is 1.26. The lowest BCUT2D eigenvalue weighted by Gasteiger charge is -2.37. The molecule has 4 rings (SSSR count). The van der Waals surface area contributed by atoms with E-state index in [-0.39, 0.29) is 12.2 Å². The highest BCUT2D eigenvalue weighted by atomic mass is 19.4. The minimum absolute atomic E-state index is 0.114. The van der Waals surface area contributed by atoms with Gasteiger partial charge in [-0.05, 0) is 42.5 Å². The van der Waals surface area contributed by atoms with E-state index in [1.165, 1.54) is 18.2 Å².